The molecule has 0 aliphatic carbocycles. The van der Waals surface area contributed by atoms with Gasteiger partial charge in [0.2, 0.25) is 6.79 Å². The number of amides is 1. The maximum atomic E-state index is 12.0. The van der Waals surface area contributed by atoms with Crippen molar-refractivity contribution in [2.24, 2.45) is 0 Å². The molecule has 1 aliphatic heterocycles. The number of fused-ring (bicyclic) bond motifs is 1. The lowest BCUT2D eigenvalue weighted by atomic mass is 10.2. The SMILES string of the molecule is CCN[C@H](C)CNC(=O)c1cc(Cl)c2c(c1)OCO2. The molecule has 2 rings (SSSR count). The zero-order valence-corrected chi connectivity index (χ0v) is 11.7. The average Bonchev–Trinajstić information content (AvgIpc) is 2.85. The second kappa shape index (κ2) is 6.12. The van der Waals surface area contributed by atoms with Gasteiger partial charge in [-0.05, 0) is 25.6 Å². The minimum absolute atomic E-state index is 0.136. The molecule has 19 heavy (non-hydrogen) atoms. The molecule has 1 atom stereocenters. The molecule has 1 aromatic carbocycles. The fourth-order valence-corrected chi connectivity index (χ4v) is 2.13. The lowest BCUT2D eigenvalue weighted by molar-refractivity contribution is 0.0950. The first-order chi connectivity index (χ1) is 9.11. The maximum absolute atomic E-state index is 12.0. The van der Waals surface area contributed by atoms with Crippen LogP contribution in [0.4, 0.5) is 0 Å². The van der Waals surface area contributed by atoms with E-state index in [1.165, 1.54) is 0 Å². The molecule has 0 unspecified atom stereocenters. The highest BCUT2D eigenvalue weighted by molar-refractivity contribution is 6.32. The molecule has 1 aliphatic rings. The summed E-state index contributed by atoms with van der Waals surface area (Å²) in [6.07, 6.45) is 0. The van der Waals surface area contributed by atoms with Crippen LogP contribution in [0.15, 0.2) is 12.1 Å². The molecule has 0 radical (unpaired) electrons. The van der Waals surface area contributed by atoms with E-state index in [0.717, 1.165) is 6.54 Å². The van der Waals surface area contributed by atoms with Crippen molar-refractivity contribution in [1.29, 1.82) is 0 Å². The largest absolute Gasteiger partial charge is 0.454 e. The molecule has 0 saturated heterocycles. The minimum atomic E-state index is -0.176. The number of carbonyl (C=O) groups excluding carboxylic acids is 1. The Hall–Kier alpha value is -1.46. The highest BCUT2D eigenvalue weighted by atomic mass is 35.5. The zero-order chi connectivity index (χ0) is 13.8. The maximum Gasteiger partial charge on any atom is 0.251 e. The molecule has 5 nitrogen and oxygen atoms in total. The van der Waals surface area contributed by atoms with Crippen molar-refractivity contribution < 1.29 is 14.3 Å². The summed E-state index contributed by atoms with van der Waals surface area (Å²) in [5.74, 6) is 0.835. The number of ether oxygens (including phenoxy) is 2. The molecule has 104 valence electrons. The Morgan fingerprint density at radius 3 is 3.00 bits per heavy atom. The van der Waals surface area contributed by atoms with Gasteiger partial charge >= 0.3 is 0 Å². The summed E-state index contributed by atoms with van der Waals surface area (Å²) >= 11 is 6.03. The molecule has 1 aromatic rings. The van der Waals surface area contributed by atoms with Gasteiger partial charge in [0, 0.05) is 18.2 Å². The Morgan fingerprint density at radius 1 is 1.47 bits per heavy atom. The Labute approximate surface area is 117 Å². The van der Waals surface area contributed by atoms with Gasteiger partial charge in [-0.2, -0.15) is 0 Å². The third-order valence-corrected chi connectivity index (χ3v) is 3.09. The molecule has 2 N–H and O–H groups in total. The van der Waals surface area contributed by atoms with E-state index >= 15 is 0 Å². The number of benzene rings is 1. The van der Waals surface area contributed by atoms with E-state index in [4.69, 9.17) is 21.1 Å². The Kier molecular flexibility index (Phi) is 4.50. The molecular weight excluding hydrogens is 268 g/mol. The van der Waals surface area contributed by atoms with Crippen LogP contribution in [0.3, 0.4) is 0 Å². The number of hydrogen-bond acceptors (Lipinski definition) is 4. The van der Waals surface area contributed by atoms with E-state index in [-0.39, 0.29) is 18.7 Å². The average molecular weight is 285 g/mol. The van der Waals surface area contributed by atoms with Crippen molar-refractivity contribution in [1.82, 2.24) is 10.6 Å². The van der Waals surface area contributed by atoms with Crippen LogP contribution >= 0.6 is 11.6 Å². The Morgan fingerprint density at radius 2 is 2.26 bits per heavy atom. The van der Waals surface area contributed by atoms with Crippen LogP contribution in [-0.2, 0) is 0 Å². The van der Waals surface area contributed by atoms with Gasteiger partial charge in [0.05, 0.1) is 5.02 Å². The minimum Gasteiger partial charge on any atom is -0.454 e. The van der Waals surface area contributed by atoms with Gasteiger partial charge in [-0.1, -0.05) is 18.5 Å². The van der Waals surface area contributed by atoms with Crippen molar-refractivity contribution in [3.63, 3.8) is 0 Å². The molecule has 0 aromatic heterocycles. The van der Waals surface area contributed by atoms with Gasteiger partial charge in [0.15, 0.2) is 11.5 Å². The number of rotatable bonds is 5. The fraction of sp³-hybridized carbons (Fsp3) is 0.462. The van der Waals surface area contributed by atoms with Crippen molar-refractivity contribution in [2.45, 2.75) is 19.9 Å². The standard InChI is InChI=1S/C13H17ClN2O3/c1-3-15-8(2)6-16-13(17)9-4-10(14)12-11(5-9)18-7-19-12/h4-5,8,15H,3,6-7H2,1-2H3,(H,16,17)/t8-/m1/s1. The molecule has 0 bridgehead atoms. The van der Waals surface area contributed by atoms with Crippen LogP contribution in [0.25, 0.3) is 0 Å². The molecule has 6 heteroatoms. The summed E-state index contributed by atoms with van der Waals surface area (Å²) in [7, 11) is 0. The van der Waals surface area contributed by atoms with Crippen molar-refractivity contribution in [2.75, 3.05) is 19.9 Å². The fourth-order valence-electron chi connectivity index (χ4n) is 1.87. The molecule has 1 amide bonds. The number of halogens is 1. The predicted octanol–water partition coefficient (Wildman–Crippen LogP) is 1.80. The normalized spacial score (nSPS) is 14.3. The lowest BCUT2D eigenvalue weighted by Gasteiger charge is -2.13. The van der Waals surface area contributed by atoms with Crippen LogP contribution in [0.5, 0.6) is 11.5 Å². The highest BCUT2D eigenvalue weighted by Crippen LogP contribution is 2.39. The summed E-state index contributed by atoms with van der Waals surface area (Å²) in [6, 6.07) is 3.45. The molecule has 1 heterocycles. The first-order valence-corrected chi connectivity index (χ1v) is 6.60. The summed E-state index contributed by atoms with van der Waals surface area (Å²) in [5, 5.41) is 6.45. The Balaban J connectivity index is 2.02. The number of nitrogens with one attached hydrogen (secondary N) is 2. The first kappa shape index (κ1) is 14.0. The second-order valence-corrected chi connectivity index (χ2v) is 4.77. The second-order valence-electron chi connectivity index (χ2n) is 4.36. The summed E-state index contributed by atoms with van der Waals surface area (Å²) in [6.45, 7) is 5.59. The molecule has 0 fully saturated rings. The third-order valence-electron chi connectivity index (χ3n) is 2.81. The van der Waals surface area contributed by atoms with Crippen molar-refractivity contribution >= 4 is 17.5 Å². The lowest BCUT2D eigenvalue weighted by Crippen LogP contribution is -2.38. The number of likely N-dealkylation sites (N-methyl/N-ethyl adjacent to an activating group) is 1. The monoisotopic (exact) mass is 284 g/mol. The summed E-state index contributed by atoms with van der Waals surface area (Å²) < 4.78 is 10.4. The zero-order valence-electron chi connectivity index (χ0n) is 11.0. The van der Waals surface area contributed by atoms with Gasteiger partial charge in [0.25, 0.3) is 5.91 Å². The first-order valence-electron chi connectivity index (χ1n) is 6.22. The topological polar surface area (TPSA) is 59.6 Å². The van der Waals surface area contributed by atoms with E-state index in [1.54, 1.807) is 12.1 Å². The van der Waals surface area contributed by atoms with Gasteiger partial charge in [-0.3, -0.25) is 4.79 Å². The molecule has 0 spiro atoms. The third kappa shape index (κ3) is 3.30. The summed E-state index contributed by atoms with van der Waals surface area (Å²) in [4.78, 5) is 12.0. The van der Waals surface area contributed by atoms with Crippen LogP contribution in [0.1, 0.15) is 24.2 Å². The van der Waals surface area contributed by atoms with Crippen LogP contribution in [0, 0.1) is 0 Å². The van der Waals surface area contributed by atoms with E-state index in [0.29, 0.717) is 28.6 Å². The van der Waals surface area contributed by atoms with Crippen LogP contribution in [0.2, 0.25) is 5.02 Å². The quantitative estimate of drug-likeness (QED) is 0.866. The van der Waals surface area contributed by atoms with Gasteiger partial charge < -0.3 is 20.1 Å². The van der Waals surface area contributed by atoms with E-state index < -0.39 is 0 Å². The van der Waals surface area contributed by atoms with Crippen LogP contribution in [-0.4, -0.2) is 31.8 Å². The number of carbonyl (C=O) groups is 1. The molecule has 0 saturated carbocycles. The van der Waals surface area contributed by atoms with Crippen molar-refractivity contribution in [3.05, 3.63) is 22.7 Å². The van der Waals surface area contributed by atoms with E-state index in [9.17, 15) is 4.79 Å². The smallest absolute Gasteiger partial charge is 0.251 e. The van der Waals surface area contributed by atoms with Crippen LogP contribution < -0.4 is 20.1 Å². The predicted molar refractivity (Wildman–Crippen MR) is 73.0 cm³/mol. The van der Waals surface area contributed by atoms with E-state index in [2.05, 4.69) is 10.6 Å². The summed E-state index contributed by atoms with van der Waals surface area (Å²) in [5.41, 5.74) is 0.470. The Bertz CT molecular complexity index is 479. The van der Waals surface area contributed by atoms with Gasteiger partial charge in [-0.15, -0.1) is 0 Å². The van der Waals surface area contributed by atoms with Crippen molar-refractivity contribution in [3.8, 4) is 11.5 Å². The molecular formula is C13H17ClN2O3. The van der Waals surface area contributed by atoms with E-state index in [1.807, 2.05) is 13.8 Å². The van der Waals surface area contributed by atoms with Gasteiger partial charge in [-0.25, -0.2) is 0 Å². The number of hydrogen-bond donors (Lipinski definition) is 2. The highest BCUT2D eigenvalue weighted by Gasteiger charge is 2.20. The van der Waals surface area contributed by atoms with Gasteiger partial charge in [0.1, 0.15) is 0 Å².